The van der Waals surface area contributed by atoms with Crippen molar-refractivity contribution < 1.29 is 4.79 Å². The molecule has 14 heavy (non-hydrogen) atoms. The Kier molecular flexibility index (Phi) is 3.14. The van der Waals surface area contributed by atoms with E-state index in [4.69, 9.17) is 0 Å². The van der Waals surface area contributed by atoms with E-state index in [1.165, 1.54) is 0 Å². The zero-order valence-electron chi connectivity index (χ0n) is 8.33. The van der Waals surface area contributed by atoms with E-state index in [2.05, 4.69) is 10.3 Å². The van der Waals surface area contributed by atoms with E-state index in [0.29, 0.717) is 0 Å². The summed E-state index contributed by atoms with van der Waals surface area (Å²) >= 11 is 0. The van der Waals surface area contributed by atoms with Gasteiger partial charge < -0.3 is 10.2 Å². The quantitative estimate of drug-likeness (QED) is 0.599. The Morgan fingerprint density at radius 2 is 2.21 bits per heavy atom. The maximum Gasteiger partial charge on any atom is 0.232 e. The molecule has 1 amide bonds. The van der Waals surface area contributed by atoms with Gasteiger partial charge in [0.2, 0.25) is 5.91 Å². The largest absolute Gasteiger partial charge is 0.317 e. The van der Waals surface area contributed by atoms with Crippen molar-refractivity contribution in [3.8, 4) is 0 Å². The third-order valence-corrected chi connectivity index (χ3v) is 2.58. The smallest absolute Gasteiger partial charge is 0.232 e. The van der Waals surface area contributed by atoms with Crippen molar-refractivity contribution >= 4 is 11.7 Å². The molecule has 1 saturated heterocycles. The Morgan fingerprint density at radius 3 is 3.14 bits per heavy atom. The van der Waals surface area contributed by atoms with E-state index >= 15 is 0 Å². The summed E-state index contributed by atoms with van der Waals surface area (Å²) in [4.78, 5) is 17.7. The SMILES string of the molecule is O=C1[CH]CC2=NCCCNCCCN12. The Bertz CT molecular complexity index is 250. The summed E-state index contributed by atoms with van der Waals surface area (Å²) in [6.45, 7) is 3.67. The molecule has 0 bridgehead atoms. The first kappa shape index (κ1) is 9.65. The summed E-state index contributed by atoms with van der Waals surface area (Å²) in [7, 11) is 0. The van der Waals surface area contributed by atoms with E-state index in [9.17, 15) is 4.79 Å². The van der Waals surface area contributed by atoms with Crippen molar-refractivity contribution in [3.05, 3.63) is 6.42 Å². The van der Waals surface area contributed by atoms with Gasteiger partial charge in [0.25, 0.3) is 0 Å². The van der Waals surface area contributed by atoms with Crippen LogP contribution in [0.4, 0.5) is 0 Å². The van der Waals surface area contributed by atoms with Crippen LogP contribution < -0.4 is 5.32 Å². The summed E-state index contributed by atoms with van der Waals surface area (Å²) in [6.07, 6.45) is 4.53. The highest BCUT2D eigenvalue weighted by Gasteiger charge is 2.26. The van der Waals surface area contributed by atoms with Crippen molar-refractivity contribution in [2.24, 2.45) is 4.99 Å². The number of nitrogens with one attached hydrogen (secondary N) is 1. The monoisotopic (exact) mass is 194 g/mol. The molecule has 4 heteroatoms. The number of aliphatic imine (C=N–C) groups is 1. The average Bonchev–Trinajstić information content (AvgIpc) is 2.55. The van der Waals surface area contributed by atoms with Gasteiger partial charge in [-0.15, -0.1) is 0 Å². The maximum absolute atomic E-state index is 11.4. The lowest BCUT2D eigenvalue weighted by atomic mass is 10.3. The van der Waals surface area contributed by atoms with Crippen LogP contribution in [0.15, 0.2) is 4.99 Å². The lowest BCUT2D eigenvalue weighted by Gasteiger charge is -2.18. The predicted molar refractivity (Wildman–Crippen MR) is 55.0 cm³/mol. The molecule has 0 aromatic rings. The highest BCUT2D eigenvalue weighted by Crippen LogP contribution is 2.13. The highest BCUT2D eigenvalue weighted by atomic mass is 16.2. The van der Waals surface area contributed by atoms with Crippen LogP contribution in [0.3, 0.4) is 0 Å². The second-order valence-corrected chi connectivity index (χ2v) is 3.65. The molecule has 0 saturated carbocycles. The summed E-state index contributed by atoms with van der Waals surface area (Å²) < 4.78 is 0. The van der Waals surface area contributed by atoms with Gasteiger partial charge in [0.1, 0.15) is 5.84 Å². The van der Waals surface area contributed by atoms with Crippen LogP contribution in [0.25, 0.3) is 0 Å². The molecule has 1 N–H and O–H groups in total. The van der Waals surface area contributed by atoms with Crippen molar-refractivity contribution in [3.63, 3.8) is 0 Å². The van der Waals surface area contributed by atoms with Gasteiger partial charge in [-0.25, -0.2) is 0 Å². The fourth-order valence-corrected chi connectivity index (χ4v) is 1.81. The van der Waals surface area contributed by atoms with Gasteiger partial charge in [0.15, 0.2) is 0 Å². The van der Waals surface area contributed by atoms with Gasteiger partial charge >= 0.3 is 0 Å². The first-order valence-electron chi connectivity index (χ1n) is 5.26. The molecule has 0 aromatic carbocycles. The second-order valence-electron chi connectivity index (χ2n) is 3.65. The Balaban J connectivity index is 2.04. The van der Waals surface area contributed by atoms with Crippen LogP contribution >= 0.6 is 0 Å². The minimum absolute atomic E-state index is 0.129. The zero-order valence-corrected chi connectivity index (χ0v) is 8.33. The Morgan fingerprint density at radius 1 is 1.36 bits per heavy atom. The van der Waals surface area contributed by atoms with Crippen molar-refractivity contribution in [1.82, 2.24) is 10.2 Å². The molecule has 2 aliphatic heterocycles. The number of fused-ring (bicyclic) bond motifs is 1. The Labute approximate surface area is 84.4 Å². The number of rotatable bonds is 0. The number of carbonyl (C=O) groups is 1. The first-order valence-corrected chi connectivity index (χ1v) is 5.26. The number of hydrogen-bond acceptors (Lipinski definition) is 3. The van der Waals surface area contributed by atoms with Gasteiger partial charge in [-0.1, -0.05) is 0 Å². The molecule has 2 aliphatic rings. The van der Waals surface area contributed by atoms with Crippen LogP contribution in [0.5, 0.6) is 0 Å². The second kappa shape index (κ2) is 4.55. The summed E-state index contributed by atoms with van der Waals surface area (Å²) in [5.74, 6) is 1.10. The molecule has 1 fully saturated rings. The fourth-order valence-electron chi connectivity index (χ4n) is 1.81. The maximum atomic E-state index is 11.4. The highest BCUT2D eigenvalue weighted by molar-refractivity contribution is 6.09. The predicted octanol–water partition coefficient (Wildman–Crippen LogP) is 0.205. The van der Waals surface area contributed by atoms with Gasteiger partial charge in [-0.05, 0) is 25.9 Å². The van der Waals surface area contributed by atoms with Crippen LogP contribution in [-0.2, 0) is 4.79 Å². The molecule has 0 atom stereocenters. The molecule has 77 valence electrons. The van der Waals surface area contributed by atoms with Crippen molar-refractivity contribution in [2.75, 3.05) is 26.2 Å². The number of amides is 1. The van der Waals surface area contributed by atoms with Crippen LogP contribution in [0.2, 0.25) is 0 Å². The van der Waals surface area contributed by atoms with Crippen LogP contribution in [-0.4, -0.2) is 42.8 Å². The minimum atomic E-state index is 0.129. The van der Waals surface area contributed by atoms with Gasteiger partial charge in [0.05, 0.1) is 6.42 Å². The lowest BCUT2D eigenvalue weighted by Crippen LogP contribution is -2.33. The van der Waals surface area contributed by atoms with E-state index in [-0.39, 0.29) is 5.91 Å². The van der Waals surface area contributed by atoms with E-state index in [1.807, 2.05) is 4.90 Å². The van der Waals surface area contributed by atoms with Gasteiger partial charge in [0, 0.05) is 19.5 Å². The number of hydrogen-bond donors (Lipinski definition) is 1. The van der Waals surface area contributed by atoms with Gasteiger partial charge in [-0.3, -0.25) is 9.79 Å². The molecule has 0 aromatic heterocycles. The molecule has 4 nitrogen and oxygen atoms in total. The lowest BCUT2D eigenvalue weighted by molar-refractivity contribution is -0.122. The summed E-state index contributed by atoms with van der Waals surface area (Å²) in [5.41, 5.74) is 0. The third kappa shape index (κ3) is 2.12. The van der Waals surface area contributed by atoms with Crippen LogP contribution in [0, 0.1) is 6.42 Å². The average molecular weight is 194 g/mol. The first-order chi connectivity index (χ1) is 6.88. The standard InChI is InChI=1S/C10H16N3O/c14-10-4-3-9-12-7-1-5-11-6-2-8-13(9)10/h4,11H,1-3,5-8H2. The molecular formula is C10H16N3O. The number of amidine groups is 1. The zero-order chi connectivity index (χ0) is 9.80. The number of nitrogens with zero attached hydrogens (tertiary/aromatic N) is 2. The van der Waals surface area contributed by atoms with Crippen molar-refractivity contribution in [1.29, 1.82) is 0 Å². The van der Waals surface area contributed by atoms with Crippen LogP contribution in [0.1, 0.15) is 19.3 Å². The molecule has 0 spiro atoms. The summed E-state index contributed by atoms with van der Waals surface area (Å²) in [6, 6.07) is 0. The van der Waals surface area contributed by atoms with Crippen molar-refractivity contribution in [2.45, 2.75) is 19.3 Å². The fraction of sp³-hybridized carbons (Fsp3) is 0.700. The molecule has 0 aliphatic carbocycles. The van der Waals surface area contributed by atoms with E-state index < -0.39 is 0 Å². The summed E-state index contributed by atoms with van der Waals surface area (Å²) in [5, 5.41) is 3.33. The topological polar surface area (TPSA) is 44.7 Å². The number of carbonyl (C=O) groups excluding carboxylic acids is 1. The molecule has 0 unspecified atom stereocenters. The third-order valence-electron chi connectivity index (χ3n) is 2.58. The van der Waals surface area contributed by atoms with Gasteiger partial charge in [-0.2, -0.15) is 0 Å². The van der Waals surface area contributed by atoms with E-state index in [1.54, 1.807) is 6.42 Å². The Hall–Kier alpha value is -0.900. The molecule has 1 radical (unpaired) electrons. The minimum Gasteiger partial charge on any atom is -0.317 e. The molecule has 2 rings (SSSR count). The molecular weight excluding hydrogens is 178 g/mol. The molecule has 2 heterocycles. The normalized spacial score (nSPS) is 24.4. The van der Waals surface area contributed by atoms with E-state index in [0.717, 1.165) is 51.3 Å².